The van der Waals surface area contributed by atoms with E-state index in [4.69, 9.17) is 5.11 Å². The molecule has 0 saturated carbocycles. The van der Waals surface area contributed by atoms with Crippen LogP contribution in [0.15, 0.2) is 18.2 Å². The molecule has 3 nitrogen and oxygen atoms in total. The fraction of sp³-hybridized carbons (Fsp3) is 0.357. The van der Waals surface area contributed by atoms with Gasteiger partial charge in [0.2, 0.25) is 0 Å². The van der Waals surface area contributed by atoms with Gasteiger partial charge >= 0.3 is 0 Å². The van der Waals surface area contributed by atoms with E-state index in [1.54, 1.807) is 0 Å². The maximum absolute atomic E-state index is 8.97. The molecule has 2 rings (SSSR count). The second kappa shape index (κ2) is 4.72. The summed E-state index contributed by atoms with van der Waals surface area (Å²) < 4.78 is 0. The number of hydrogen-bond donors (Lipinski definition) is 2. The minimum Gasteiger partial charge on any atom is -0.396 e. The fourth-order valence-electron chi connectivity index (χ4n) is 1.96. The Labute approximate surface area is 102 Å². The summed E-state index contributed by atoms with van der Waals surface area (Å²) in [6.45, 7) is 6.29. The molecule has 2 N–H and O–H groups in total. The molecule has 0 saturated heterocycles. The molecule has 0 radical (unpaired) electrons. The quantitative estimate of drug-likeness (QED) is 0.851. The van der Waals surface area contributed by atoms with Gasteiger partial charge in [-0.1, -0.05) is 17.7 Å². The Morgan fingerprint density at radius 1 is 1.24 bits per heavy atom. The third kappa shape index (κ3) is 2.39. The molecule has 0 aliphatic heterocycles. The molecule has 1 aromatic carbocycles. The van der Waals surface area contributed by atoms with Crippen molar-refractivity contribution in [3.63, 3.8) is 0 Å². The van der Waals surface area contributed by atoms with Crippen LogP contribution in [0.2, 0.25) is 0 Å². The Morgan fingerprint density at radius 2 is 2.00 bits per heavy atom. The van der Waals surface area contributed by atoms with Gasteiger partial charge in [0.05, 0.1) is 5.69 Å². The van der Waals surface area contributed by atoms with E-state index >= 15 is 0 Å². The minimum atomic E-state index is 0.137. The Bertz CT molecular complexity index is 529. The number of hydrogen-bond acceptors (Lipinski definition) is 2. The van der Waals surface area contributed by atoms with Gasteiger partial charge < -0.3 is 10.1 Å². The summed E-state index contributed by atoms with van der Waals surface area (Å²) in [6, 6.07) is 6.34. The summed E-state index contributed by atoms with van der Waals surface area (Å²) in [4.78, 5) is 7.85. The number of H-pyrrole nitrogens is 1. The summed E-state index contributed by atoms with van der Waals surface area (Å²) in [5.74, 6) is 0.896. The van der Waals surface area contributed by atoms with Crippen LogP contribution in [0.3, 0.4) is 0 Å². The van der Waals surface area contributed by atoms with Gasteiger partial charge in [0.1, 0.15) is 5.82 Å². The van der Waals surface area contributed by atoms with Crippen molar-refractivity contribution in [1.82, 2.24) is 9.97 Å². The summed E-state index contributed by atoms with van der Waals surface area (Å²) >= 11 is 0. The highest BCUT2D eigenvalue weighted by atomic mass is 16.3. The van der Waals surface area contributed by atoms with Crippen molar-refractivity contribution in [3.8, 4) is 11.4 Å². The smallest absolute Gasteiger partial charge is 0.138 e. The van der Waals surface area contributed by atoms with E-state index in [2.05, 4.69) is 42.0 Å². The molecule has 3 heteroatoms. The van der Waals surface area contributed by atoms with Crippen molar-refractivity contribution in [2.75, 3.05) is 6.61 Å². The standard InChI is InChI=1S/C14H18N2O/c1-9-4-5-10(2)12(8-9)14-15-11(3)13(16-14)6-7-17/h4-5,8,17H,6-7H2,1-3H3,(H,15,16). The van der Waals surface area contributed by atoms with Gasteiger partial charge in [-0.3, -0.25) is 0 Å². The lowest BCUT2D eigenvalue weighted by Crippen LogP contribution is -1.93. The van der Waals surface area contributed by atoms with Gasteiger partial charge in [-0.2, -0.15) is 0 Å². The maximum atomic E-state index is 8.97. The molecule has 0 fully saturated rings. The fourth-order valence-corrected chi connectivity index (χ4v) is 1.96. The summed E-state index contributed by atoms with van der Waals surface area (Å²) in [5, 5.41) is 8.97. The van der Waals surface area contributed by atoms with Crippen molar-refractivity contribution >= 4 is 0 Å². The number of aliphatic hydroxyl groups excluding tert-OH is 1. The minimum absolute atomic E-state index is 0.137. The number of aromatic amines is 1. The molecule has 1 aromatic heterocycles. The van der Waals surface area contributed by atoms with Crippen molar-refractivity contribution in [3.05, 3.63) is 40.7 Å². The lowest BCUT2D eigenvalue weighted by atomic mass is 10.1. The van der Waals surface area contributed by atoms with Crippen molar-refractivity contribution in [2.45, 2.75) is 27.2 Å². The molecule has 0 aliphatic carbocycles. The lowest BCUT2D eigenvalue weighted by molar-refractivity contribution is 0.298. The van der Waals surface area contributed by atoms with E-state index in [1.165, 1.54) is 11.1 Å². The first-order chi connectivity index (χ1) is 8.11. The Morgan fingerprint density at radius 3 is 2.71 bits per heavy atom. The molecule has 0 atom stereocenters. The largest absolute Gasteiger partial charge is 0.396 e. The average Bonchev–Trinajstić information content (AvgIpc) is 2.64. The van der Waals surface area contributed by atoms with Crippen LogP contribution in [0.25, 0.3) is 11.4 Å². The molecular formula is C14H18N2O. The summed E-state index contributed by atoms with van der Waals surface area (Å²) in [6.07, 6.45) is 0.604. The first kappa shape index (κ1) is 11.9. The zero-order valence-electron chi connectivity index (χ0n) is 10.5. The Hall–Kier alpha value is -1.61. The molecule has 0 aliphatic rings. The van der Waals surface area contributed by atoms with Crippen LogP contribution < -0.4 is 0 Å². The van der Waals surface area contributed by atoms with Gasteiger partial charge in [0.25, 0.3) is 0 Å². The Balaban J connectivity index is 2.45. The van der Waals surface area contributed by atoms with E-state index in [0.29, 0.717) is 6.42 Å². The summed E-state index contributed by atoms with van der Waals surface area (Å²) in [5.41, 5.74) is 5.55. The van der Waals surface area contributed by atoms with Gasteiger partial charge in [-0.05, 0) is 32.4 Å². The number of aryl methyl sites for hydroxylation is 3. The van der Waals surface area contributed by atoms with Crippen LogP contribution in [0.1, 0.15) is 22.5 Å². The number of benzene rings is 1. The number of aliphatic hydroxyl groups is 1. The molecule has 1 heterocycles. The van der Waals surface area contributed by atoms with Crippen LogP contribution in [0.4, 0.5) is 0 Å². The molecule has 0 unspecified atom stereocenters. The van der Waals surface area contributed by atoms with Crippen molar-refractivity contribution in [2.24, 2.45) is 0 Å². The van der Waals surface area contributed by atoms with Crippen LogP contribution in [0, 0.1) is 20.8 Å². The first-order valence-corrected chi connectivity index (χ1v) is 5.86. The molecule has 0 amide bonds. The van der Waals surface area contributed by atoms with E-state index in [9.17, 15) is 0 Å². The van der Waals surface area contributed by atoms with Crippen LogP contribution in [-0.4, -0.2) is 21.7 Å². The highest BCUT2D eigenvalue weighted by Crippen LogP contribution is 2.23. The topological polar surface area (TPSA) is 48.9 Å². The number of nitrogens with zero attached hydrogens (tertiary/aromatic N) is 1. The van der Waals surface area contributed by atoms with Crippen LogP contribution >= 0.6 is 0 Å². The second-order valence-electron chi connectivity index (χ2n) is 4.45. The average molecular weight is 230 g/mol. The molecule has 0 spiro atoms. The predicted octanol–water partition coefficient (Wildman–Crippen LogP) is 2.54. The third-order valence-corrected chi connectivity index (χ3v) is 2.98. The number of imidazole rings is 1. The monoisotopic (exact) mass is 230 g/mol. The molecular weight excluding hydrogens is 212 g/mol. The zero-order valence-corrected chi connectivity index (χ0v) is 10.5. The molecule has 0 bridgehead atoms. The van der Waals surface area contributed by atoms with Gasteiger partial charge in [-0.15, -0.1) is 0 Å². The third-order valence-electron chi connectivity index (χ3n) is 2.98. The van der Waals surface area contributed by atoms with E-state index in [0.717, 1.165) is 22.8 Å². The van der Waals surface area contributed by atoms with Crippen molar-refractivity contribution in [1.29, 1.82) is 0 Å². The number of nitrogens with one attached hydrogen (secondary N) is 1. The van der Waals surface area contributed by atoms with Gasteiger partial charge in [0.15, 0.2) is 0 Å². The van der Waals surface area contributed by atoms with Gasteiger partial charge in [-0.25, -0.2) is 4.98 Å². The highest BCUT2D eigenvalue weighted by molar-refractivity contribution is 5.61. The van der Waals surface area contributed by atoms with Gasteiger partial charge in [0, 0.05) is 24.3 Å². The molecule has 17 heavy (non-hydrogen) atoms. The van der Waals surface area contributed by atoms with Crippen LogP contribution in [0.5, 0.6) is 0 Å². The second-order valence-corrected chi connectivity index (χ2v) is 4.45. The SMILES string of the molecule is Cc1ccc(C)c(-c2nc(CCO)c(C)[nH]2)c1. The van der Waals surface area contributed by atoms with E-state index < -0.39 is 0 Å². The summed E-state index contributed by atoms with van der Waals surface area (Å²) in [7, 11) is 0. The van der Waals surface area contributed by atoms with Crippen molar-refractivity contribution < 1.29 is 5.11 Å². The zero-order chi connectivity index (χ0) is 12.4. The highest BCUT2D eigenvalue weighted by Gasteiger charge is 2.10. The lowest BCUT2D eigenvalue weighted by Gasteiger charge is -2.03. The molecule has 90 valence electrons. The first-order valence-electron chi connectivity index (χ1n) is 5.86. The molecule has 2 aromatic rings. The van der Waals surface area contributed by atoms with E-state index in [-0.39, 0.29) is 6.61 Å². The number of rotatable bonds is 3. The maximum Gasteiger partial charge on any atom is 0.138 e. The van der Waals surface area contributed by atoms with E-state index in [1.807, 2.05) is 6.92 Å². The predicted molar refractivity (Wildman–Crippen MR) is 69.0 cm³/mol. The number of aromatic nitrogens is 2. The van der Waals surface area contributed by atoms with Crippen LogP contribution in [-0.2, 0) is 6.42 Å². The normalized spacial score (nSPS) is 10.8. The Kier molecular flexibility index (Phi) is 3.29.